The van der Waals surface area contributed by atoms with E-state index in [4.69, 9.17) is 54.7 Å². The Morgan fingerprint density at radius 1 is 1.17 bits per heavy atom. The molecule has 0 atom stereocenters. The van der Waals surface area contributed by atoms with Crippen molar-refractivity contribution in [2.24, 2.45) is 0 Å². The van der Waals surface area contributed by atoms with E-state index >= 15 is 0 Å². The van der Waals surface area contributed by atoms with Crippen molar-refractivity contribution >= 4 is 46.5 Å². The Hall–Kier alpha value is -1.89. The number of ether oxygens (including phenoxy) is 3. The second-order valence-electron chi connectivity index (χ2n) is 4.85. The smallest absolute Gasteiger partial charge is 0.358 e. The van der Waals surface area contributed by atoms with Crippen molar-refractivity contribution in [3.05, 3.63) is 44.7 Å². The molecule has 2 aromatic rings. The summed E-state index contributed by atoms with van der Waals surface area (Å²) in [5.41, 5.74) is 6.18. The van der Waals surface area contributed by atoms with Crippen molar-refractivity contribution in [2.45, 2.75) is 6.61 Å². The van der Waals surface area contributed by atoms with E-state index in [1.807, 2.05) is 0 Å². The van der Waals surface area contributed by atoms with E-state index in [-0.39, 0.29) is 33.2 Å². The Kier molecular flexibility index (Phi) is 4.89. The lowest BCUT2D eigenvalue weighted by Crippen LogP contribution is -2.15. The average molecular weight is 390 g/mol. The normalized spacial score (nSPS) is 12.8. The van der Waals surface area contributed by atoms with E-state index in [1.54, 1.807) is 18.2 Å². The van der Waals surface area contributed by atoms with Gasteiger partial charge in [-0.1, -0.05) is 40.9 Å². The first kappa shape index (κ1) is 17.0. The number of anilines is 1. The van der Waals surface area contributed by atoms with E-state index < -0.39 is 5.97 Å². The van der Waals surface area contributed by atoms with Gasteiger partial charge in [-0.05, 0) is 17.7 Å². The molecule has 0 bridgehead atoms. The van der Waals surface area contributed by atoms with Gasteiger partial charge in [0, 0.05) is 0 Å². The maximum Gasteiger partial charge on any atom is 0.358 e. The van der Waals surface area contributed by atoms with Crippen LogP contribution in [-0.4, -0.2) is 24.2 Å². The van der Waals surface area contributed by atoms with Gasteiger partial charge in [-0.3, -0.25) is 0 Å². The van der Waals surface area contributed by atoms with Crippen LogP contribution in [0, 0.1) is 0 Å². The third-order valence-electron chi connectivity index (χ3n) is 3.24. The third-order valence-corrected chi connectivity index (χ3v) is 4.38. The number of pyridine rings is 1. The summed E-state index contributed by atoms with van der Waals surface area (Å²) in [6.45, 7) is 0.968. The largest absolute Gasteiger partial charge is 0.486 e. The van der Waals surface area contributed by atoms with Crippen LogP contribution in [0.3, 0.4) is 0 Å². The highest BCUT2D eigenvalue weighted by molar-refractivity contribution is 6.46. The van der Waals surface area contributed by atoms with Crippen LogP contribution in [0.25, 0.3) is 0 Å². The number of benzene rings is 1. The number of nitrogens with two attached hydrogens (primary N) is 1. The Balaban J connectivity index is 1.74. The molecule has 126 valence electrons. The van der Waals surface area contributed by atoms with E-state index in [9.17, 15) is 4.79 Å². The van der Waals surface area contributed by atoms with Crippen molar-refractivity contribution in [3.63, 3.8) is 0 Å². The van der Waals surface area contributed by atoms with Crippen molar-refractivity contribution in [1.29, 1.82) is 0 Å². The van der Waals surface area contributed by atoms with Crippen LogP contribution in [0.5, 0.6) is 11.5 Å². The molecule has 1 aliphatic heterocycles. The van der Waals surface area contributed by atoms with Crippen LogP contribution in [0.2, 0.25) is 15.2 Å². The number of fused-ring (bicyclic) bond motifs is 1. The number of rotatable bonds is 3. The summed E-state index contributed by atoms with van der Waals surface area (Å²) in [4.78, 5) is 16.0. The number of nitrogen functional groups attached to an aromatic ring is 1. The average Bonchev–Trinajstić information content (AvgIpc) is 2.60. The quantitative estimate of drug-likeness (QED) is 0.636. The molecule has 0 amide bonds. The highest BCUT2D eigenvalue weighted by Crippen LogP contribution is 2.35. The van der Waals surface area contributed by atoms with E-state index in [0.29, 0.717) is 24.7 Å². The monoisotopic (exact) mass is 388 g/mol. The number of halogens is 3. The lowest BCUT2D eigenvalue weighted by Gasteiger charge is -2.18. The molecule has 0 saturated heterocycles. The summed E-state index contributed by atoms with van der Waals surface area (Å²) in [6.07, 6.45) is 0. The van der Waals surface area contributed by atoms with E-state index in [2.05, 4.69) is 4.98 Å². The molecule has 24 heavy (non-hydrogen) atoms. The summed E-state index contributed by atoms with van der Waals surface area (Å²) in [6, 6.07) is 5.25. The van der Waals surface area contributed by atoms with Crippen LogP contribution >= 0.6 is 34.8 Å². The molecule has 2 N–H and O–H groups in total. The maximum absolute atomic E-state index is 12.2. The summed E-state index contributed by atoms with van der Waals surface area (Å²) in [5.74, 6) is 0.489. The Morgan fingerprint density at radius 3 is 2.62 bits per heavy atom. The lowest BCUT2D eigenvalue weighted by atomic mass is 10.2. The number of esters is 1. The highest BCUT2D eigenvalue weighted by atomic mass is 35.5. The van der Waals surface area contributed by atoms with Gasteiger partial charge in [0.05, 0.1) is 10.7 Å². The fourth-order valence-electron chi connectivity index (χ4n) is 2.06. The molecule has 0 unspecified atom stereocenters. The molecule has 0 aliphatic carbocycles. The van der Waals surface area contributed by atoms with E-state index in [0.717, 1.165) is 5.56 Å². The molecule has 0 fully saturated rings. The minimum atomic E-state index is -0.764. The Morgan fingerprint density at radius 2 is 1.88 bits per heavy atom. The van der Waals surface area contributed by atoms with Gasteiger partial charge in [-0.2, -0.15) is 0 Å². The van der Waals surface area contributed by atoms with Crippen LogP contribution in [0.1, 0.15) is 16.1 Å². The summed E-state index contributed by atoms with van der Waals surface area (Å²) < 4.78 is 16.1. The van der Waals surface area contributed by atoms with Crippen molar-refractivity contribution in [1.82, 2.24) is 4.98 Å². The predicted molar refractivity (Wildman–Crippen MR) is 90.2 cm³/mol. The van der Waals surface area contributed by atoms with Crippen molar-refractivity contribution in [3.8, 4) is 11.5 Å². The third kappa shape index (κ3) is 3.31. The van der Waals surface area contributed by atoms with E-state index in [1.165, 1.54) is 0 Å². The van der Waals surface area contributed by atoms with Crippen LogP contribution in [-0.2, 0) is 11.3 Å². The number of nitrogens with zero attached hydrogens (tertiary/aromatic N) is 1. The SMILES string of the molecule is Nc1c(Cl)c(Cl)nc(C(=O)OCc2ccc3c(c2)OCCO3)c1Cl. The first-order valence-electron chi connectivity index (χ1n) is 6.83. The van der Waals surface area contributed by atoms with Crippen molar-refractivity contribution < 1.29 is 19.0 Å². The zero-order valence-corrected chi connectivity index (χ0v) is 14.4. The Labute approximate surface area is 152 Å². The van der Waals surface area contributed by atoms with Gasteiger partial charge in [0.1, 0.15) is 24.8 Å². The zero-order chi connectivity index (χ0) is 17.3. The molecular formula is C15H11Cl3N2O4. The van der Waals surface area contributed by atoms with Gasteiger partial charge in [0.2, 0.25) is 0 Å². The summed E-state index contributed by atoms with van der Waals surface area (Å²) >= 11 is 17.6. The number of carbonyl (C=O) groups excluding carboxylic acids is 1. The van der Waals surface area contributed by atoms with Crippen LogP contribution < -0.4 is 15.2 Å². The summed E-state index contributed by atoms with van der Waals surface area (Å²) in [7, 11) is 0. The van der Waals surface area contributed by atoms with Crippen LogP contribution in [0.15, 0.2) is 18.2 Å². The van der Waals surface area contributed by atoms with Gasteiger partial charge in [0.15, 0.2) is 22.3 Å². The summed E-state index contributed by atoms with van der Waals surface area (Å²) in [5, 5.41) is -0.230. The molecule has 0 saturated carbocycles. The lowest BCUT2D eigenvalue weighted by molar-refractivity contribution is 0.0465. The molecule has 0 spiro atoms. The minimum Gasteiger partial charge on any atom is -0.486 e. The van der Waals surface area contributed by atoms with Gasteiger partial charge in [0.25, 0.3) is 0 Å². The zero-order valence-electron chi connectivity index (χ0n) is 12.1. The molecule has 1 aromatic heterocycles. The molecule has 2 heterocycles. The van der Waals surface area contributed by atoms with Gasteiger partial charge < -0.3 is 19.9 Å². The Bertz CT molecular complexity index is 814. The molecular weight excluding hydrogens is 379 g/mol. The van der Waals surface area contributed by atoms with Gasteiger partial charge in [-0.15, -0.1) is 0 Å². The first-order valence-corrected chi connectivity index (χ1v) is 7.96. The second-order valence-corrected chi connectivity index (χ2v) is 5.96. The number of carbonyl (C=O) groups is 1. The molecule has 0 radical (unpaired) electrons. The maximum atomic E-state index is 12.2. The number of hydrogen-bond donors (Lipinski definition) is 1. The first-order chi connectivity index (χ1) is 11.5. The fourth-order valence-corrected chi connectivity index (χ4v) is 2.65. The number of aromatic nitrogens is 1. The van der Waals surface area contributed by atoms with Crippen LogP contribution in [0.4, 0.5) is 5.69 Å². The highest BCUT2D eigenvalue weighted by Gasteiger charge is 2.21. The molecule has 1 aliphatic rings. The van der Waals surface area contributed by atoms with Gasteiger partial charge >= 0.3 is 5.97 Å². The molecule has 3 rings (SSSR count). The minimum absolute atomic E-state index is 0.00632. The molecule has 9 heteroatoms. The van der Waals surface area contributed by atoms with Gasteiger partial charge in [-0.25, -0.2) is 9.78 Å². The number of hydrogen-bond acceptors (Lipinski definition) is 6. The molecule has 6 nitrogen and oxygen atoms in total. The predicted octanol–water partition coefficient (Wildman–Crippen LogP) is 3.75. The standard InChI is InChI=1S/C15H11Cl3N2O4/c16-10-12(19)11(17)14(18)20-13(10)15(21)24-6-7-1-2-8-9(5-7)23-4-3-22-8/h1-2,5H,3-4,6H2,(H2,19,20). The fraction of sp³-hybridized carbons (Fsp3) is 0.200. The molecule has 1 aromatic carbocycles. The second kappa shape index (κ2) is 6.93. The topological polar surface area (TPSA) is 83.7 Å². The van der Waals surface area contributed by atoms with Crippen molar-refractivity contribution in [2.75, 3.05) is 18.9 Å².